The molecular formula is C26H32N2O3. The first-order valence-electron chi connectivity index (χ1n) is 11.6. The quantitative estimate of drug-likeness (QED) is 0.747. The molecule has 164 valence electrons. The zero-order chi connectivity index (χ0) is 21.4. The van der Waals surface area contributed by atoms with Gasteiger partial charge in [0.15, 0.2) is 0 Å². The van der Waals surface area contributed by atoms with Crippen LogP contribution in [0.2, 0.25) is 0 Å². The second-order valence-corrected chi connectivity index (χ2v) is 9.54. The highest BCUT2D eigenvalue weighted by Gasteiger charge is 2.29. The van der Waals surface area contributed by atoms with E-state index < -0.39 is 0 Å². The number of ether oxygens (including phenoxy) is 1. The smallest absolute Gasteiger partial charge is 0.253 e. The van der Waals surface area contributed by atoms with Crippen LogP contribution in [0.25, 0.3) is 0 Å². The largest absolute Gasteiger partial charge is 0.493 e. The van der Waals surface area contributed by atoms with E-state index >= 15 is 0 Å². The average molecular weight is 421 g/mol. The summed E-state index contributed by atoms with van der Waals surface area (Å²) in [4.78, 5) is 17.3. The van der Waals surface area contributed by atoms with Gasteiger partial charge in [0.1, 0.15) is 5.75 Å². The number of likely N-dealkylation sites (N-methyl/N-ethyl adjacent to an activating group) is 1. The lowest BCUT2D eigenvalue weighted by atomic mass is 10.1. The van der Waals surface area contributed by atoms with Gasteiger partial charge in [-0.25, -0.2) is 0 Å². The van der Waals surface area contributed by atoms with Crippen LogP contribution in [0.1, 0.15) is 46.3 Å². The first-order chi connectivity index (χ1) is 15.0. The zero-order valence-electron chi connectivity index (χ0n) is 18.3. The minimum absolute atomic E-state index is 0.0674. The van der Waals surface area contributed by atoms with Crippen LogP contribution in [-0.2, 0) is 19.4 Å². The predicted molar refractivity (Wildman–Crippen MR) is 120 cm³/mol. The number of carbonyl (C=O) groups is 1. The highest BCUT2D eigenvalue weighted by atomic mass is 16.5. The van der Waals surface area contributed by atoms with Crippen LogP contribution >= 0.6 is 0 Å². The van der Waals surface area contributed by atoms with E-state index in [1.807, 2.05) is 36.2 Å². The normalized spacial score (nSPS) is 23.0. The lowest BCUT2D eigenvalue weighted by Crippen LogP contribution is -2.37. The number of carbonyl (C=O) groups excluding carboxylic acids is 1. The number of aliphatic hydroxyl groups is 1. The molecule has 2 aromatic carbocycles. The minimum atomic E-state index is -0.183. The van der Waals surface area contributed by atoms with Crippen molar-refractivity contribution in [2.24, 2.45) is 5.92 Å². The van der Waals surface area contributed by atoms with Crippen LogP contribution in [0.15, 0.2) is 42.5 Å². The van der Waals surface area contributed by atoms with Crippen LogP contribution in [0.5, 0.6) is 5.75 Å². The SMILES string of the molecule is CN(C(=O)c1ccc(OCC2CC2)cc1)C1Cc2ccc(CN3CCC(O)C3)cc2C1. The zero-order valence-corrected chi connectivity index (χ0v) is 18.3. The van der Waals surface area contributed by atoms with Crippen LogP contribution < -0.4 is 4.74 Å². The Kier molecular flexibility index (Phi) is 5.72. The van der Waals surface area contributed by atoms with Gasteiger partial charge in [-0.1, -0.05) is 18.2 Å². The van der Waals surface area contributed by atoms with E-state index in [0.29, 0.717) is 5.56 Å². The van der Waals surface area contributed by atoms with Crippen LogP contribution in [0, 0.1) is 5.92 Å². The van der Waals surface area contributed by atoms with Gasteiger partial charge in [-0.15, -0.1) is 0 Å². The molecule has 2 atom stereocenters. The highest BCUT2D eigenvalue weighted by molar-refractivity contribution is 5.94. The van der Waals surface area contributed by atoms with E-state index in [1.54, 1.807) is 0 Å². The van der Waals surface area contributed by atoms with E-state index in [0.717, 1.165) is 57.2 Å². The maximum atomic E-state index is 13.1. The van der Waals surface area contributed by atoms with Crippen LogP contribution in [-0.4, -0.2) is 59.7 Å². The summed E-state index contributed by atoms with van der Waals surface area (Å²) in [6, 6.07) is 14.5. The third kappa shape index (κ3) is 4.78. The second kappa shape index (κ2) is 8.64. The maximum Gasteiger partial charge on any atom is 0.253 e. The summed E-state index contributed by atoms with van der Waals surface area (Å²) in [5, 5.41) is 9.75. The highest BCUT2D eigenvalue weighted by Crippen LogP contribution is 2.30. The summed E-state index contributed by atoms with van der Waals surface area (Å²) < 4.78 is 5.79. The van der Waals surface area contributed by atoms with Gasteiger partial charge in [0.25, 0.3) is 5.91 Å². The first kappa shape index (κ1) is 20.5. The fourth-order valence-corrected chi connectivity index (χ4v) is 4.80. The van der Waals surface area contributed by atoms with E-state index in [2.05, 4.69) is 23.1 Å². The molecule has 1 heterocycles. The molecule has 0 radical (unpaired) electrons. The summed E-state index contributed by atoms with van der Waals surface area (Å²) in [5.74, 6) is 1.63. The monoisotopic (exact) mass is 420 g/mol. The number of fused-ring (bicyclic) bond motifs is 1. The molecular weight excluding hydrogens is 388 g/mol. The summed E-state index contributed by atoms with van der Waals surface area (Å²) in [7, 11) is 1.92. The molecule has 0 spiro atoms. The molecule has 3 aliphatic rings. The molecule has 5 nitrogen and oxygen atoms in total. The molecule has 0 aromatic heterocycles. The van der Waals surface area contributed by atoms with Gasteiger partial charge in [0, 0.05) is 38.3 Å². The van der Waals surface area contributed by atoms with Crippen molar-refractivity contribution in [3.05, 3.63) is 64.7 Å². The summed E-state index contributed by atoms with van der Waals surface area (Å²) in [6.45, 7) is 3.40. The maximum absolute atomic E-state index is 13.1. The Morgan fingerprint density at radius 2 is 1.87 bits per heavy atom. The Hall–Kier alpha value is -2.37. The van der Waals surface area contributed by atoms with Crippen LogP contribution in [0.4, 0.5) is 0 Å². The Morgan fingerprint density at radius 1 is 1.10 bits per heavy atom. The standard InChI is InChI=1S/C26H32N2O3/c1-27(26(30)20-6-8-25(9-7-20)31-17-18-2-3-18)23-13-21-5-4-19(12-22(21)14-23)15-28-11-10-24(29)16-28/h4-9,12,18,23-24,29H,2-3,10-11,13-17H2,1H3. The molecule has 5 heteroatoms. The third-order valence-electron chi connectivity index (χ3n) is 6.99. The third-order valence-corrected chi connectivity index (χ3v) is 6.99. The van der Waals surface area contributed by atoms with Crippen molar-refractivity contribution >= 4 is 5.91 Å². The summed E-state index contributed by atoms with van der Waals surface area (Å²) in [6.07, 6.45) is 5.03. The molecule has 2 aliphatic carbocycles. The fourth-order valence-electron chi connectivity index (χ4n) is 4.80. The number of nitrogens with zero attached hydrogens (tertiary/aromatic N) is 2. The first-order valence-corrected chi connectivity index (χ1v) is 11.6. The molecule has 31 heavy (non-hydrogen) atoms. The number of likely N-dealkylation sites (tertiary alicyclic amines) is 1. The minimum Gasteiger partial charge on any atom is -0.493 e. The van der Waals surface area contributed by atoms with Gasteiger partial charge >= 0.3 is 0 Å². The Labute approximate surface area is 184 Å². The van der Waals surface area contributed by atoms with Gasteiger partial charge in [0.2, 0.25) is 0 Å². The number of rotatable bonds is 7. The molecule has 1 N–H and O–H groups in total. The Morgan fingerprint density at radius 3 is 2.58 bits per heavy atom. The van der Waals surface area contributed by atoms with Gasteiger partial charge < -0.3 is 14.7 Å². The Balaban J connectivity index is 1.19. The molecule has 1 aliphatic heterocycles. The van der Waals surface area contributed by atoms with Crippen molar-refractivity contribution in [1.29, 1.82) is 0 Å². The number of aliphatic hydroxyl groups excluding tert-OH is 1. The number of benzene rings is 2. The van der Waals surface area contributed by atoms with E-state index in [9.17, 15) is 9.90 Å². The van der Waals surface area contributed by atoms with Crippen molar-refractivity contribution < 1.29 is 14.6 Å². The van der Waals surface area contributed by atoms with E-state index in [1.165, 1.54) is 29.5 Å². The van der Waals surface area contributed by atoms with Gasteiger partial charge in [0.05, 0.1) is 12.7 Å². The molecule has 5 rings (SSSR count). The summed E-state index contributed by atoms with van der Waals surface area (Å²) >= 11 is 0. The predicted octanol–water partition coefficient (Wildman–Crippen LogP) is 3.28. The number of β-amino-alcohol motifs (C(OH)–C–C–N with tert-alkyl or cyclic N) is 1. The lowest BCUT2D eigenvalue weighted by molar-refractivity contribution is 0.0737. The van der Waals surface area contributed by atoms with Gasteiger partial charge in [-0.3, -0.25) is 9.69 Å². The molecule has 2 aromatic rings. The van der Waals surface area contributed by atoms with E-state index in [-0.39, 0.29) is 18.1 Å². The number of amides is 1. The second-order valence-electron chi connectivity index (χ2n) is 9.54. The van der Waals surface area contributed by atoms with Crippen molar-refractivity contribution in [1.82, 2.24) is 9.80 Å². The van der Waals surface area contributed by atoms with Crippen molar-refractivity contribution in [2.45, 2.75) is 50.8 Å². The van der Waals surface area contributed by atoms with Crippen molar-refractivity contribution in [3.8, 4) is 5.75 Å². The van der Waals surface area contributed by atoms with Crippen molar-refractivity contribution in [2.75, 3.05) is 26.7 Å². The van der Waals surface area contributed by atoms with Gasteiger partial charge in [-0.05, 0) is 79.0 Å². The molecule has 2 fully saturated rings. The molecule has 0 bridgehead atoms. The number of hydrogen-bond donors (Lipinski definition) is 1. The van der Waals surface area contributed by atoms with Gasteiger partial charge in [-0.2, -0.15) is 0 Å². The fraction of sp³-hybridized carbons (Fsp3) is 0.500. The molecule has 1 saturated carbocycles. The van der Waals surface area contributed by atoms with E-state index in [4.69, 9.17) is 4.74 Å². The summed E-state index contributed by atoms with van der Waals surface area (Å²) in [5.41, 5.74) is 4.71. The Bertz CT molecular complexity index is 938. The van der Waals surface area contributed by atoms with Crippen LogP contribution in [0.3, 0.4) is 0 Å². The number of hydrogen-bond acceptors (Lipinski definition) is 4. The molecule has 1 amide bonds. The molecule has 2 unspecified atom stereocenters. The van der Waals surface area contributed by atoms with Crippen molar-refractivity contribution in [3.63, 3.8) is 0 Å². The molecule has 1 saturated heterocycles. The average Bonchev–Trinajstić information content (AvgIpc) is 3.38. The topological polar surface area (TPSA) is 53.0 Å². The lowest BCUT2D eigenvalue weighted by Gasteiger charge is -2.24.